The third kappa shape index (κ3) is 3.86. The second-order valence-electron chi connectivity index (χ2n) is 5.60. The van der Waals surface area contributed by atoms with Crippen molar-refractivity contribution in [3.8, 4) is 0 Å². The predicted octanol–water partition coefficient (Wildman–Crippen LogP) is -0.768. The number of rotatable bonds is 7. The second-order valence-corrected chi connectivity index (χ2v) is 5.60. The molecule has 0 spiro atoms. The van der Waals surface area contributed by atoms with Gasteiger partial charge >= 0.3 is 5.69 Å². The van der Waals surface area contributed by atoms with Crippen molar-refractivity contribution in [3.63, 3.8) is 0 Å². The maximum Gasteiger partial charge on any atom is 0.330 e. The lowest BCUT2D eigenvalue weighted by Gasteiger charge is -2.26. The highest BCUT2D eigenvalue weighted by Crippen LogP contribution is 2.38. The van der Waals surface area contributed by atoms with E-state index in [4.69, 9.17) is 9.47 Å². The summed E-state index contributed by atoms with van der Waals surface area (Å²) in [6, 6.07) is 0. The van der Waals surface area contributed by atoms with E-state index in [0.717, 1.165) is 0 Å². The number of aromatic nitrogens is 2. The lowest BCUT2D eigenvalue weighted by atomic mass is 9.91. The summed E-state index contributed by atoms with van der Waals surface area (Å²) in [4.78, 5) is 25.5. The molecule has 1 aliphatic heterocycles. The Morgan fingerprint density at radius 3 is 2.91 bits per heavy atom. The van der Waals surface area contributed by atoms with Gasteiger partial charge in [-0.3, -0.25) is 14.3 Å². The Labute approximate surface area is 131 Å². The zero-order valence-corrected chi connectivity index (χ0v) is 12.8. The molecule has 9 heteroatoms. The zero-order valence-electron chi connectivity index (χ0n) is 12.8. The van der Waals surface area contributed by atoms with Gasteiger partial charge in [0, 0.05) is 31.2 Å². The minimum atomic E-state index is -1.40. The van der Waals surface area contributed by atoms with Crippen LogP contribution in [0.15, 0.2) is 15.8 Å². The number of aliphatic hydroxyl groups is 2. The molecule has 2 rings (SSSR count). The van der Waals surface area contributed by atoms with Gasteiger partial charge in [-0.2, -0.15) is 0 Å². The summed E-state index contributed by atoms with van der Waals surface area (Å²) in [5, 5.41) is 20.1. The lowest BCUT2D eigenvalue weighted by molar-refractivity contribution is -0.0926. The van der Waals surface area contributed by atoms with E-state index in [2.05, 4.69) is 4.98 Å². The number of aryl methyl sites for hydroxylation is 1. The SMILES string of the molecule is Cc1cn([C@H]2C[C@@](O)(CCOCC[18F])[C@@H](CO)O2)c(=O)[nH]c1=O. The van der Waals surface area contributed by atoms with E-state index in [9.17, 15) is 24.2 Å². The fourth-order valence-electron chi connectivity index (χ4n) is 2.64. The molecular formula is C14H21FN2O6. The van der Waals surface area contributed by atoms with Crippen LogP contribution in [0.5, 0.6) is 0 Å². The van der Waals surface area contributed by atoms with Gasteiger partial charge in [0.05, 0.1) is 18.8 Å². The van der Waals surface area contributed by atoms with E-state index in [-0.39, 0.29) is 26.1 Å². The highest BCUT2D eigenvalue weighted by molar-refractivity contribution is 5.03. The Kier molecular flexibility index (Phi) is 5.69. The molecule has 0 aromatic carbocycles. The van der Waals surface area contributed by atoms with Crippen LogP contribution in [0.1, 0.15) is 24.6 Å². The quantitative estimate of drug-likeness (QED) is 0.566. The minimum absolute atomic E-state index is 0.0442. The number of hydrogen-bond acceptors (Lipinski definition) is 6. The maximum atomic E-state index is 12.0. The summed E-state index contributed by atoms with van der Waals surface area (Å²) in [6.07, 6.45) is -0.193. The van der Waals surface area contributed by atoms with Crippen LogP contribution < -0.4 is 11.2 Å². The van der Waals surface area contributed by atoms with Gasteiger partial charge in [0.25, 0.3) is 5.56 Å². The first-order chi connectivity index (χ1) is 10.9. The van der Waals surface area contributed by atoms with Crippen molar-refractivity contribution in [2.45, 2.75) is 37.7 Å². The summed E-state index contributed by atoms with van der Waals surface area (Å²) in [5.41, 5.74) is -2.22. The van der Waals surface area contributed by atoms with Gasteiger partial charge in [0.1, 0.15) is 19.0 Å². The molecule has 3 N–H and O–H groups in total. The molecule has 0 unspecified atom stereocenters. The number of aromatic amines is 1. The Hall–Kier alpha value is -1.55. The smallest absolute Gasteiger partial charge is 0.330 e. The highest BCUT2D eigenvalue weighted by Gasteiger charge is 2.47. The van der Waals surface area contributed by atoms with Gasteiger partial charge in [-0.1, -0.05) is 0 Å². The normalized spacial score (nSPS) is 27.5. The zero-order chi connectivity index (χ0) is 17.0. The number of halogens is 1. The molecule has 1 saturated heterocycles. The second kappa shape index (κ2) is 7.35. The van der Waals surface area contributed by atoms with E-state index in [0.29, 0.717) is 5.56 Å². The van der Waals surface area contributed by atoms with Gasteiger partial charge < -0.3 is 19.7 Å². The van der Waals surface area contributed by atoms with Crippen LogP contribution in [-0.4, -0.2) is 58.0 Å². The van der Waals surface area contributed by atoms with Crippen LogP contribution in [-0.2, 0) is 9.47 Å². The van der Waals surface area contributed by atoms with E-state index in [1.165, 1.54) is 10.8 Å². The number of nitrogens with one attached hydrogen (secondary N) is 1. The van der Waals surface area contributed by atoms with E-state index < -0.39 is 42.5 Å². The third-order valence-corrected chi connectivity index (χ3v) is 3.97. The fourth-order valence-corrected chi connectivity index (χ4v) is 2.64. The van der Waals surface area contributed by atoms with Crippen molar-refractivity contribution in [3.05, 3.63) is 32.6 Å². The average molecular weight is 331 g/mol. The molecule has 0 saturated carbocycles. The number of nitrogens with zero attached hydrogens (tertiary/aromatic N) is 1. The van der Waals surface area contributed by atoms with E-state index >= 15 is 0 Å². The van der Waals surface area contributed by atoms with Crippen molar-refractivity contribution in [2.24, 2.45) is 0 Å². The van der Waals surface area contributed by atoms with E-state index in [1.54, 1.807) is 6.92 Å². The van der Waals surface area contributed by atoms with Gasteiger partial charge in [0.15, 0.2) is 0 Å². The highest BCUT2D eigenvalue weighted by atomic mass is 18.2. The number of aliphatic hydroxyl groups excluding tert-OH is 1. The molecule has 2 heterocycles. The van der Waals surface area contributed by atoms with Gasteiger partial charge in [-0.15, -0.1) is 0 Å². The van der Waals surface area contributed by atoms with Gasteiger partial charge in [0.2, 0.25) is 0 Å². The van der Waals surface area contributed by atoms with Crippen LogP contribution in [0.4, 0.5) is 4.39 Å². The van der Waals surface area contributed by atoms with Crippen molar-refractivity contribution in [1.82, 2.24) is 9.55 Å². The molecule has 3 atom stereocenters. The molecule has 130 valence electrons. The molecule has 1 aliphatic rings. The topological polar surface area (TPSA) is 114 Å². The molecule has 0 radical (unpaired) electrons. The minimum Gasteiger partial charge on any atom is -0.394 e. The standard InChI is InChI=1S/C14H21FN2O6/c1-9-7-17(13(20)16-12(9)19)11-6-14(21,10(8-18)23-11)2-4-22-5-3-15/h7,10-11,18,21H,2-6,8H2,1H3,(H,16,19,20)/t10-,11-,14+/m1/s1/i15-1. The van der Waals surface area contributed by atoms with Gasteiger partial charge in [-0.25, -0.2) is 9.18 Å². The summed E-state index contributed by atoms with van der Waals surface area (Å²) < 4.78 is 23.8. The molecule has 1 aromatic heterocycles. The van der Waals surface area contributed by atoms with Crippen molar-refractivity contribution in [1.29, 1.82) is 0 Å². The lowest BCUT2D eigenvalue weighted by Crippen LogP contribution is -2.41. The summed E-state index contributed by atoms with van der Waals surface area (Å²) in [6.45, 7) is 0.528. The first kappa shape index (κ1) is 17.8. The summed E-state index contributed by atoms with van der Waals surface area (Å²) in [7, 11) is 0. The fraction of sp³-hybridized carbons (Fsp3) is 0.714. The molecule has 0 bridgehead atoms. The molecule has 0 aliphatic carbocycles. The number of H-pyrrole nitrogens is 1. The Bertz CT molecular complexity index is 645. The van der Waals surface area contributed by atoms with Crippen molar-refractivity contribution < 1.29 is 24.1 Å². The monoisotopic (exact) mass is 331 g/mol. The van der Waals surface area contributed by atoms with E-state index in [1.807, 2.05) is 0 Å². The number of ether oxygens (including phenoxy) is 2. The maximum absolute atomic E-state index is 12.0. The Balaban J connectivity index is 2.16. The summed E-state index contributed by atoms with van der Waals surface area (Å²) >= 11 is 0. The van der Waals surface area contributed by atoms with Crippen LogP contribution in [0, 0.1) is 6.92 Å². The van der Waals surface area contributed by atoms with Crippen molar-refractivity contribution in [2.75, 3.05) is 26.5 Å². The molecular weight excluding hydrogens is 310 g/mol. The van der Waals surface area contributed by atoms with Crippen LogP contribution in [0.25, 0.3) is 0 Å². The number of alkyl halides is 1. The molecule has 0 amide bonds. The molecule has 1 aromatic rings. The molecule has 1 fully saturated rings. The van der Waals surface area contributed by atoms with Crippen LogP contribution >= 0.6 is 0 Å². The first-order valence-electron chi connectivity index (χ1n) is 7.36. The van der Waals surface area contributed by atoms with Crippen LogP contribution in [0.3, 0.4) is 0 Å². The predicted molar refractivity (Wildman–Crippen MR) is 78.0 cm³/mol. The number of hydrogen-bond donors (Lipinski definition) is 3. The molecule has 8 nitrogen and oxygen atoms in total. The average Bonchev–Trinajstić information content (AvgIpc) is 2.84. The van der Waals surface area contributed by atoms with Gasteiger partial charge in [-0.05, 0) is 6.92 Å². The Morgan fingerprint density at radius 1 is 1.52 bits per heavy atom. The largest absolute Gasteiger partial charge is 0.394 e. The van der Waals surface area contributed by atoms with Crippen molar-refractivity contribution >= 4 is 0 Å². The van der Waals surface area contributed by atoms with Crippen LogP contribution in [0.2, 0.25) is 0 Å². The Morgan fingerprint density at radius 2 is 2.26 bits per heavy atom. The third-order valence-electron chi connectivity index (χ3n) is 3.97. The summed E-state index contributed by atoms with van der Waals surface area (Å²) in [5.74, 6) is 0. The first-order valence-corrected chi connectivity index (χ1v) is 7.36. The molecule has 23 heavy (non-hydrogen) atoms.